The minimum absolute atomic E-state index is 0.201. The molecule has 25 heavy (non-hydrogen) atoms. The zero-order valence-corrected chi connectivity index (χ0v) is 14.0. The van der Waals surface area contributed by atoms with E-state index in [1.165, 1.54) is 0 Å². The van der Waals surface area contributed by atoms with Crippen molar-refractivity contribution in [3.8, 4) is 0 Å². The van der Waals surface area contributed by atoms with Crippen LogP contribution in [0.2, 0.25) is 0 Å². The Bertz CT molecular complexity index is 685. The van der Waals surface area contributed by atoms with Gasteiger partial charge in [0.2, 0.25) is 0 Å². The van der Waals surface area contributed by atoms with Crippen LogP contribution < -0.4 is 0 Å². The molecule has 2 rings (SSSR count). The maximum atomic E-state index is 12.2. The molecular formula is C14H17F3O7S. The lowest BCUT2D eigenvalue weighted by Crippen LogP contribution is -2.62. The molecule has 0 radical (unpaired) electrons. The van der Waals surface area contributed by atoms with Gasteiger partial charge in [-0.05, 0) is 12.3 Å². The Labute approximate surface area is 141 Å². The zero-order chi connectivity index (χ0) is 19.2. The van der Waals surface area contributed by atoms with Crippen LogP contribution in [0.4, 0.5) is 13.2 Å². The summed E-state index contributed by atoms with van der Waals surface area (Å²) < 4.78 is 69.2. The normalized spacial score (nSPS) is 33.6. The molecule has 142 valence electrons. The fraction of sp³-hybridized carbons (Fsp3) is 0.714. The van der Waals surface area contributed by atoms with E-state index in [1.807, 2.05) is 0 Å². The number of esters is 2. The Morgan fingerprint density at radius 1 is 1.32 bits per heavy atom. The summed E-state index contributed by atoms with van der Waals surface area (Å²) in [5.41, 5.74) is -1.76. The average molecular weight is 386 g/mol. The second-order valence-corrected chi connectivity index (χ2v) is 8.51. The lowest BCUT2D eigenvalue weighted by atomic mass is 9.78. The number of fused-ring (bicyclic) bond motifs is 1. The molecule has 5 atom stereocenters. The number of aliphatic hydroxyl groups is 1. The van der Waals surface area contributed by atoms with E-state index in [9.17, 15) is 36.3 Å². The number of sulfone groups is 1. The highest BCUT2D eigenvalue weighted by Gasteiger charge is 2.56. The van der Waals surface area contributed by atoms with E-state index in [2.05, 4.69) is 11.3 Å². The van der Waals surface area contributed by atoms with Gasteiger partial charge in [0.15, 0.2) is 16.4 Å². The van der Waals surface area contributed by atoms with Gasteiger partial charge in [-0.1, -0.05) is 13.5 Å². The van der Waals surface area contributed by atoms with Gasteiger partial charge in [-0.25, -0.2) is 18.0 Å². The predicted molar refractivity (Wildman–Crippen MR) is 76.9 cm³/mol. The SMILES string of the molecule is C=C(C(=O)OCC(=O)OC1C(C)CC2C(CS2(=O)=O)C1O)C(F)(F)F. The quantitative estimate of drug-likeness (QED) is 0.550. The number of rotatable bonds is 4. The van der Waals surface area contributed by atoms with Crippen molar-refractivity contribution in [2.24, 2.45) is 11.8 Å². The first-order valence-corrected chi connectivity index (χ1v) is 9.08. The molecule has 1 saturated heterocycles. The van der Waals surface area contributed by atoms with E-state index >= 15 is 0 Å². The molecule has 0 aromatic rings. The first kappa shape index (κ1) is 19.7. The maximum absolute atomic E-state index is 12.2. The van der Waals surface area contributed by atoms with Gasteiger partial charge >= 0.3 is 18.1 Å². The number of ether oxygens (including phenoxy) is 2. The smallest absolute Gasteiger partial charge is 0.422 e. The Morgan fingerprint density at radius 2 is 1.92 bits per heavy atom. The summed E-state index contributed by atoms with van der Waals surface area (Å²) in [7, 11) is -3.23. The minimum atomic E-state index is -4.97. The molecule has 1 N–H and O–H groups in total. The number of carbonyl (C=O) groups is 2. The molecule has 0 amide bonds. The highest BCUT2D eigenvalue weighted by Crippen LogP contribution is 2.43. The standard InChI is InChI=1S/C14H17F3O7S/c1-6-3-9-8(5-25(9,21)22)11(19)12(6)24-10(18)4-23-13(20)7(2)14(15,16)17/h6,8-9,11-12,19H,2-5H2,1H3. The highest BCUT2D eigenvalue weighted by molar-refractivity contribution is 7.93. The average Bonchev–Trinajstić information content (AvgIpc) is 2.49. The lowest BCUT2D eigenvalue weighted by molar-refractivity contribution is -0.175. The summed E-state index contributed by atoms with van der Waals surface area (Å²) in [5.74, 6) is -4.17. The van der Waals surface area contributed by atoms with Gasteiger partial charge in [0, 0.05) is 5.92 Å². The van der Waals surface area contributed by atoms with Crippen molar-refractivity contribution in [1.29, 1.82) is 0 Å². The molecule has 2 fully saturated rings. The molecular weight excluding hydrogens is 369 g/mol. The zero-order valence-electron chi connectivity index (χ0n) is 13.2. The Balaban J connectivity index is 1.89. The molecule has 5 unspecified atom stereocenters. The van der Waals surface area contributed by atoms with E-state index < -0.39 is 69.4 Å². The molecule has 0 bridgehead atoms. The van der Waals surface area contributed by atoms with Gasteiger partial charge in [-0.3, -0.25) is 0 Å². The monoisotopic (exact) mass is 386 g/mol. The van der Waals surface area contributed by atoms with E-state index in [1.54, 1.807) is 6.92 Å². The van der Waals surface area contributed by atoms with Crippen molar-refractivity contribution in [3.63, 3.8) is 0 Å². The predicted octanol–water partition coefficient (Wildman–Crippen LogP) is 0.374. The summed E-state index contributed by atoms with van der Waals surface area (Å²) in [6.45, 7) is 3.05. The van der Waals surface area contributed by atoms with Crippen LogP contribution in [0.25, 0.3) is 0 Å². The van der Waals surface area contributed by atoms with E-state index in [-0.39, 0.29) is 12.2 Å². The highest BCUT2D eigenvalue weighted by atomic mass is 32.2. The first-order valence-electron chi connectivity index (χ1n) is 7.37. The largest absolute Gasteiger partial charge is 0.457 e. The van der Waals surface area contributed by atoms with Gasteiger partial charge in [-0.2, -0.15) is 13.2 Å². The topological polar surface area (TPSA) is 107 Å². The summed E-state index contributed by atoms with van der Waals surface area (Å²) >= 11 is 0. The second kappa shape index (κ2) is 6.60. The molecule has 1 heterocycles. The lowest BCUT2D eigenvalue weighted by Gasteiger charge is -2.48. The number of hydrogen-bond donors (Lipinski definition) is 1. The van der Waals surface area contributed by atoms with Crippen LogP contribution in [0.3, 0.4) is 0 Å². The summed E-state index contributed by atoms with van der Waals surface area (Å²) in [4.78, 5) is 22.8. The molecule has 11 heteroatoms. The molecule has 1 aliphatic carbocycles. The molecule has 1 aliphatic heterocycles. The second-order valence-electron chi connectivity index (χ2n) is 6.24. The molecule has 7 nitrogen and oxygen atoms in total. The molecule has 2 aliphatic rings. The van der Waals surface area contributed by atoms with E-state index in [4.69, 9.17) is 4.74 Å². The Hall–Kier alpha value is -1.62. The van der Waals surface area contributed by atoms with Crippen LogP contribution in [-0.2, 0) is 28.9 Å². The molecule has 0 spiro atoms. The van der Waals surface area contributed by atoms with Crippen molar-refractivity contribution >= 4 is 21.8 Å². The fourth-order valence-electron chi connectivity index (χ4n) is 3.06. The third-order valence-corrected chi connectivity index (χ3v) is 6.80. The first-order chi connectivity index (χ1) is 11.3. The molecule has 0 aromatic heterocycles. The van der Waals surface area contributed by atoms with E-state index in [0.29, 0.717) is 0 Å². The maximum Gasteiger partial charge on any atom is 0.422 e. The van der Waals surface area contributed by atoms with Crippen LogP contribution >= 0.6 is 0 Å². The number of hydrogen-bond acceptors (Lipinski definition) is 7. The summed E-state index contributed by atoms with van der Waals surface area (Å²) in [6.07, 6.45) is -7.00. The fourth-order valence-corrected chi connectivity index (χ4v) is 5.30. The Morgan fingerprint density at radius 3 is 2.44 bits per heavy atom. The summed E-state index contributed by atoms with van der Waals surface area (Å²) in [6, 6.07) is 0. The van der Waals surface area contributed by atoms with Crippen LogP contribution in [0.1, 0.15) is 13.3 Å². The number of carbonyl (C=O) groups excluding carboxylic acids is 2. The van der Waals surface area contributed by atoms with Gasteiger partial charge in [-0.15, -0.1) is 0 Å². The number of alkyl halides is 3. The van der Waals surface area contributed by atoms with Gasteiger partial charge in [0.1, 0.15) is 11.7 Å². The Kier molecular flexibility index (Phi) is 5.20. The van der Waals surface area contributed by atoms with Crippen LogP contribution in [0.15, 0.2) is 12.2 Å². The third-order valence-electron chi connectivity index (χ3n) is 4.48. The summed E-state index contributed by atoms with van der Waals surface area (Å²) in [5, 5.41) is 9.49. The van der Waals surface area contributed by atoms with E-state index in [0.717, 1.165) is 0 Å². The van der Waals surface area contributed by atoms with Crippen LogP contribution in [0.5, 0.6) is 0 Å². The number of halogens is 3. The van der Waals surface area contributed by atoms with Crippen molar-refractivity contribution < 1.29 is 45.8 Å². The van der Waals surface area contributed by atoms with Crippen molar-refractivity contribution in [3.05, 3.63) is 12.2 Å². The van der Waals surface area contributed by atoms with Crippen LogP contribution in [-0.4, -0.2) is 61.5 Å². The van der Waals surface area contributed by atoms with Crippen molar-refractivity contribution in [1.82, 2.24) is 0 Å². The molecule has 0 aromatic carbocycles. The van der Waals surface area contributed by atoms with Gasteiger partial charge in [0.05, 0.1) is 17.1 Å². The number of aliphatic hydroxyl groups excluding tert-OH is 1. The van der Waals surface area contributed by atoms with Crippen molar-refractivity contribution in [2.75, 3.05) is 12.4 Å². The van der Waals surface area contributed by atoms with Gasteiger partial charge < -0.3 is 14.6 Å². The van der Waals surface area contributed by atoms with Gasteiger partial charge in [0.25, 0.3) is 0 Å². The molecule has 1 saturated carbocycles. The van der Waals surface area contributed by atoms with Crippen LogP contribution in [0, 0.1) is 11.8 Å². The third kappa shape index (κ3) is 3.97. The van der Waals surface area contributed by atoms with Crippen molar-refractivity contribution in [2.45, 2.75) is 37.0 Å². The minimum Gasteiger partial charge on any atom is -0.457 e.